The number of hydrogen-bond donors (Lipinski definition) is 1. The van der Waals surface area contributed by atoms with E-state index < -0.39 is 0 Å². The van der Waals surface area contributed by atoms with Gasteiger partial charge in [0.1, 0.15) is 5.75 Å². The number of ether oxygens (including phenoxy) is 1. The van der Waals surface area contributed by atoms with Gasteiger partial charge in [0.25, 0.3) is 0 Å². The van der Waals surface area contributed by atoms with Crippen molar-refractivity contribution in [1.82, 2.24) is 0 Å². The van der Waals surface area contributed by atoms with E-state index in [-0.39, 0.29) is 6.04 Å². The summed E-state index contributed by atoms with van der Waals surface area (Å²) in [7, 11) is 0. The van der Waals surface area contributed by atoms with Gasteiger partial charge in [-0.2, -0.15) is 0 Å². The Balaban J connectivity index is 1.82. The van der Waals surface area contributed by atoms with E-state index in [0.29, 0.717) is 12.5 Å². The molecular weight excluding hydrogens is 234 g/mol. The van der Waals surface area contributed by atoms with Gasteiger partial charge in [-0.15, -0.1) is 0 Å². The van der Waals surface area contributed by atoms with Gasteiger partial charge in [0.15, 0.2) is 0 Å². The van der Waals surface area contributed by atoms with Crippen LogP contribution in [0.1, 0.15) is 35.6 Å². The summed E-state index contributed by atoms with van der Waals surface area (Å²) in [6, 6.07) is 16.8. The van der Waals surface area contributed by atoms with Crippen LogP contribution < -0.4 is 10.5 Å². The molecule has 1 aliphatic rings. The number of benzene rings is 2. The molecule has 0 heterocycles. The summed E-state index contributed by atoms with van der Waals surface area (Å²) in [6.45, 7) is 2.68. The molecule has 0 aromatic heterocycles. The van der Waals surface area contributed by atoms with Crippen molar-refractivity contribution in [2.75, 3.05) is 6.61 Å². The molecule has 0 radical (unpaired) electrons. The molecule has 2 nitrogen and oxygen atoms in total. The fourth-order valence-electron chi connectivity index (χ4n) is 2.83. The maximum Gasteiger partial charge on any atom is 0.119 e. The van der Waals surface area contributed by atoms with Gasteiger partial charge in [0.2, 0.25) is 0 Å². The van der Waals surface area contributed by atoms with Gasteiger partial charge in [0, 0.05) is 12.0 Å². The molecule has 1 aliphatic carbocycles. The highest BCUT2D eigenvalue weighted by atomic mass is 16.5. The van der Waals surface area contributed by atoms with Crippen LogP contribution in [0.2, 0.25) is 0 Å². The van der Waals surface area contributed by atoms with Crippen molar-refractivity contribution in [3.05, 3.63) is 65.2 Å². The van der Waals surface area contributed by atoms with E-state index >= 15 is 0 Å². The Morgan fingerprint density at radius 1 is 1.21 bits per heavy atom. The Morgan fingerprint density at radius 2 is 2.05 bits per heavy atom. The predicted octanol–water partition coefficient (Wildman–Crippen LogP) is 3.43. The van der Waals surface area contributed by atoms with Crippen molar-refractivity contribution < 1.29 is 4.74 Å². The van der Waals surface area contributed by atoms with Crippen LogP contribution in [0, 0.1) is 0 Å². The average molecular weight is 253 g/mol. The lowest BCUT2D eigenvalue weighted by Crippen LogP contribution is -2.28. The molecule has 2 aromatic rings. The molecular formula is C17H19NO. The second-order valence-electron chi connectivity index (χ2n) is 5.04. The molecule has 0 aliphatic heterocycles. The zero-order valence-electron chi connectivity index (χ0n) is 11.2. The molecule has 0 spiro atoms. The second-order valence-corrected chi connectivity index (χ2v) is 5.04. The molecule has 2 atom stereocenters. The highest BCUT2D eigenvalue weighted by Gasteiger charge is 2.31. The summed E-state index contributed by atoms with van der Waals surface area (Å²) in [5.41, 5.74) is 10.4. The zero-order valence-corrected chi connectivity index (χ0v) is 11.2. The minimum atomic E-state index is 0.0512. The van der Waals surface area contributed by atoms with Crippen LogP contribution in [0.25, 0.3) is 0 Å². The summed E-state index contributed by atoms with van der Waals surface area (Å²) < 4.78 is 5.54. The van der Waals surface area contributed by atoms with Gasteiger partial charge >= 0.3 is 0 Å². The van der Waals surface area contributed by atoms with Crippen molar-refractivity contribution in [1.29, 1.82) is 0 Å². The first kappa shape index (κ1) is 12.2. The van der Waals surface area contributed by atoms with Gasteiger partial charge in [-0.25, -0.2) is 0 Å². The highest BCUT2D eigenvalue weighted by molar-refractivity contribution is 5.43. The van der Waals surface area contributed by atoms with Gasteiger partial charge in [-0.1, -0.05) is 36.4 Å². The van der Waals surface area contributed by atoms with Gasteiger partial charge in [-0.3, -0.25) is 0 Å². The number of rotatable bonds is 4. The number of nitrogens with two attached hydrogens (primary N) is 1. The molecule has 98 valence electrons. The van der Waals surface area contributed by atoms with Crippen molar-refractivity contribution in [3.8, 4) is 5.75 Å². The Bertz CT molecular complexity index is 579. The minimum absolute atomic E-state index is 0.0512. The van der Waals surface area contributed by atoms with E-state index in [9.17, 15) is 0 Å². The molecule has 0 fully saturated rings. The Labute approximate surface area is 114 Å². The smallest absolute Gasteiger partial charge is 0.119 e. The normalized spacial score (nSPS) is 18.3. The standard InChI is InChI=1S/C17H19NO/c1-2-19-14-8-5-7-13(10-14)17(18)16-11-12-6-3-4-9-15(12)16/h3-10,16-17H,2,11,18H2,1H3. The average Bonchev–Trinajstić information content (AvgIpc) is 2.41. The van der Waals surface area contributed by atoms with Gasteiger partial charge in [-0.05, 0) is 42.2 Å². The first-order chi connectivity index (χ1) is 9.29. The van der Waals surface area contributed by atoms with Crippen molar-refractivity contribution in [2.24, 2.45) is 5.73 Å². The summed E-state index contributed by atoms with van der Waals surface area (Å²) in [6.07, 6.45) is 1.08. The fraction of sp³-hybridized carbons (Fsp3) is 0.294. The van der Waals surface area contributed by atoms with Gasteiger partial charge in [0.05, 0.1) is 6.61 Å². The predicted molar refractivity (Wildman–Crippen MR) is 77.4 cm³/mol. The molecule has 2 unspecified atom stereocenters. The third kappa shape index (κ3) is 2.24. The van der Waals surface area contributed by atoms with E-state index in [0.717, 1.165) is 17.7 Å². The SMILES string of the molecule is CCOc1cccc(C(N)C2Cc3ccccc32)c1. The minimum Gasteiger partial charge on any atom is -0.494 e. The van der Waals surface area contributed by atoms with E-state index in [4.69, 9.17) is 10.5 Å². The monoisotopic (exact) mass is 253 g/mol. The largest absolute Gasteiger partial charge is 0.494 e. The molecule has 19 heavy (non-hydrogen) atoms. The summed E-state index contributed by atoms with van der Waals surface area (Å²) in [5, 5.41) is 0. The van der Waals surface area contributed by atoms with Crippen LogP contribution in [0.5, 0.6) is 5.75 Å². The third-order valence-corrected chi connectivity index (χ3v) is 3.88. The van der Waals surface area contributed by atoms with Crippen LogP contribution in [-0.4, -0.2) is 6.61 Å². The third-order valence-electron chi connectivity index (χ3n) is 3.88. The maximum atomic E-state index is 6.42. The lowest BCUT2D eigenvalue weighted by Gasteiger charge is -2.35. The molecule has 2 heteroatoms. The summed E-state index contributed by atoms with van der Waals surface area (Å²) >= 11 is 0. The van der Waals surface area contributed by atoms with Crippen LogP contribution >= 0.6 is 0 Å². The molecule has 3 rings (SSSR count). The van der Waals surface area contributed by atoms with E-state index in [1.807, 2.05) is 19.1 Å². The number of hydrogen-bond acceptors (Lipinski definition) is 2. The number of fused-ring (bicyclic) bond motifs is 1. The van der Waals surface area contributed by atoms with Crippen LogP contribution in [-0.2, 0) is 6.42 Å². The summed E-state index contributed by atoms with van der Waals surface area (Å²) in [4.78, 5) is 0. The highest BCUT2D eigenvalue weighted by Crippen LogP contribution is 2.42. The molecule has 0 saturated heterocycles. The lowest BCUT2D eigenvalue weighted by atomic mass is 9.72. The maximum absolute atomic E-state index is 6.42. The molecule has 0 saturated carbocycles. The molecule has 0 amide bonds. The quantitative estimate of drug-likeness (QED) is 0.906. The molecule has 0 bridgehead atoms. The zero-order chi connectivity index (χ0) is 13.2. The Hall–Kier alpha value is -1.80. The molecule has 2 aromatic carbocycles. The molecule has 2 N–H and O–H groups in total. The van der Waals surface area contributed by atoms with Crippen molar-refractivity contribution in [3.63, 3.8) is 0 Å². The van der Waals surface area contributed by atoms with E-state index in [1.54, 1.807) is 0 Å². The van der Waals surface area contributed by atoms with E-state index in [1.165, 1.54) is 11.1 Å². The van der Waals surface area contributed by atoms with Crippen molar-refractivity contribution >= 4 is 0 Å². The van der Waals surface area contributed by atoms with Crippen molar-refractivity contribution in [2.45, 2.75) is 25.3 Å². The lowest BCUT2D eigenvalue weighted by molar-refractivity contribution is 0.339. The first-order valence-electron chi connectivity index (χ1n) is 6.85. The van der Waals surface area contributed by atoms with Crippen LogP contribution in [0.4, 0.5) is 0 Å². The van der Waals surface area contributed by atoms with Crippen LogP contribution in [0.15, 0.2) is 48.5 Å². The Kier molecular flexibility index (Phi) is 3.26. The van der Waals surface area contributed by atoms with Gasteiger partial charge < -0.3 is 10.5 Å². The Morgan fingerprint density at radius 3 is 2.84 bits per heavy atom. The first-order valence-corrected chi connectivity index (χ1v) is 6.85. The second kappa shape index (κ2) is 5.06. The topological polar surface area (TPSA) is 35.2 Å². The fourth-order valence-corrected chi connectivity index (χ4v) is 2.83. The van der Waals surface area contributed by atoms with Crippen LogP contribution in [0.3, 0.4) is 0 Å². The van der Waals surface area contributed by atoms with E-state index in [2.05, 4.69) is 36.4 Å². The summed E-state index contributed by atoms with van der Waals surface area (Å²) in [5.74, 6) is 1.34.